The molecule has 5 nitrogen and oxygen atoms in total. The Morgan fingerprint density at radius 2 is 1.95 bits per heavy atom. The van der Waals surface area contributed by atoms with Gasteiger partial charge in [-0.2, -0.15) is 0 Å². The first-order chi connectivity index (χ1) is 9.59. The molecule has 1 aliphatic heterocycles. The van der Waals surface area contributed by atoms with Crippen LogP contribution in [0.2, 0.25) is 0 Å². The van der Waals surface area contributed by atoms with Crippen molar-refractivity contribution in [3.8, 4) is 0 Å². The van der Waals surface area contributed by atoms with Crippen LogP contribution in [0.3, 0.4) is 0 Å². The monoisotopic (exact) mass is 283 g/mol. The first kappa shape index (κ1) is 15.7. The quantitative estimate of drug-likeness (QED) is 0.697. The van der Waals surface area contributed by atoms with Crippen molar-refractivity contribution in [1.82, 2.24) is 15.1 Å². The largest absolute Gasteiger partial charge is 0.468 e. The van der Waals surface area contributed by atoms with Gasteiger partial charge in [0, 0.05) is 38.8 Å². The predicted octanol–water partition coefficient (Wildman–Crippen LogP) is 0.698. The topological polar surface area (TPSA) is 44.8 Å². The Kier molecular flexibility index (Phi) is 5.41. The Bertz CT molecular complexity index is 325. The van der Waals surface area contributed by atoms with Crippen LogP contribution in [-0.2, 0) is 9.53 Å². The fourth-order valence-corrected chi connectivity index (χ4v) is 2.99. The molecule has 0 aromatic heterocycles. The van der Waals surface area contributed by atoms with Crippen LogP contribution in [-0.4, -0.2) is 73.7 Å². The summed E-state index contributed by atoms with van der Waals surface area (Å²) in [6, 6.07) is 0.849. The highest BCUT2D eigenvalue weighted by Gasteiger charge is 2.37. The predicted molar refractivity (Wildman–Crippen MR) is 79.7 cm³/mol. The Hall–Kier alpha value is -0.650. The molecule has 1 saturated carbocycles. The fraction of sp³-hybridized carbons (Fsp3) is 0.933. The van der Waals surface area contributed by atoms with E-state index in [1.807, 2.05) is 6.92 Å². The van der Waals surface area contributed by atoms with Crippen molar-refractivity contribution in [3.05, 3.63) is 0 Å². The van der Waals surface area contributed by atoms with Gasteiger partial charge in [-0.05, 0) is 32.7 Å². The normalized spacial score (nSPS) is 24.4. The minimum Gasteiger partial charge on any atom is -0.468 e. The van der Waals surface area contributed by atoms with Crippen molar-refractivity contribution in [2.45, 2.75) is 44.7 Å². The van der Waals surface area contributed by atoms with Gasteiger partial charge in [-0.15, -0.1) is 0 Å². The fourth-order valence-electron chi connectivity index (χ4n) is 2.99. The van der Waals surface area contributed by atoms with E-state index in [9.17, 15) is 4.79 Å². The van der Waals surface area contributed by atoms with Gasteiger partial charge in [-0.1, -0.05) is 6.92 Å². The summed E-state index contributed by atoms with van der Waals surface area (Å²) in [5.41, 5.74) is -0.591. The van der Waals surface area contributed by atoms with Gasteiger partial charge in [0.25, 0.3) is 0 Å². The van der Waals surface area contributed by atoms with Gasteiger partial charge in [0.2, 0.25) is 0 Å². The van der Waals surface area contributed by atoms with Gasteiger partial charge in [0.15, 0.2) is 0 Å². The van der Waals surface area contributed by atoms with Crippen molar-refractivity contribution < 1.29 is 9.53 Å². The number of carbonyl (C=O) groups is 1. The molecule has 1 aliphatic carbocycles. The third kappa shape index (κ3) is 3.93. The van der Waals surface area contributed by atoms with Crippen molar-refractivity contribution in [1.29, 1.82) is 0 Å². The Labute approximate surface area is 122 Å². The number of methoxy groups -OCH3 is 1. The van der Waals surface area contributed by atoms with E-state index < -0.39 is 5.54 Å². The van der Waals surface area contributed by atoms with Crippen LogP contribution < -0.4 is 5.32 Å². The smallest absolute Gasteiger partial charge is 0.327 e. The first-order valence-corrected chi connectivity index (χ1v) is 7.89. The molecule has 5 heteroatoms. The summed E-state index contributed by atoms with van der Waals surface area (Å²) in [5, 5.41) is 3.36. The number of esters is 1. The lowest BCUT2D eigenvalue weighted by Crippen LogP contribution is -2.60. The molecule has 1 unspecified atom stereocenters. The van der Waals surface area contributed by atoms with Gasteiger partial charge >= 0.3 is 5.97 Å². The number of hydrogen-bond donors (Lipinski definition) is 1. The molecule has 20 heavy (non-hydrogen) atoms. The summed E-state index contributed by atoms with van der Waals surface area (Å²) in [6.07, 6.45) is 3.76. The number of rotatable bonds is 7. The van der Waals surface area contributed by atoms with Crippen LogP contribution in [0.25, 0.3) is 0 Å². The maximum atomic E-state index is 12.1. The van der Waals surface area contributed by atoms with E-state index in [0.29, 0.717) is 0 Å². The van der Waals surface area contributed by atoms with Gasteiger partial charge in [-0.25, -0.2) is 0 Å². The molecule has 1 N–H and O–H groups in total. The van der Waals surface area contributed by atoms with E-state index in [2.05, 4.69) is 22.0 Å². The molecular weight excluding hydrogens is 254 g/mol. The van der Waals surface area contributed by atoms with Gasteiger partial charge in [0.05, 0.1) is 7.11 Å². The second kappa shape index (κ2) is 6.87. The average molecular weight is 283 g/mol. The van der Waals surface area contributed by atoms with E-state index >= 15 is 0 Å². The summed E-state index contributed by atoms with van der Waals surface area (Å²) in [7, 11) is 1.47. The summed E-state index contributed by atoms with van der Waals surface area (Å²) < 4.78 is 4.98. The minimum atomic E-state index is -0.591. The van der Waals surface area contributed by atoms with Crippen LogP contribution in [0.15, 0.2) is 0 Å². The zero-order valence-corrected chi connectivity index (χ0v) is 13.2. The maximum absolute atomic E-state index is 12.1. The lowest BCUT2D eigenvalue weighted by molar-refractivity contribution is -0.149. The molecule has 2 aliphatic rings. The van der Waals surface area contributed by atoms with E-state index in [1.54, 1.807) is 0 Å². The van der Waals surface area contributed by atoms with E-state index in [1.165, 1.54) is 20.0 Å². The first-order valence-electron chi connectivity index (χ1n) is 7.89. The third-order valence-corrected chi connectivity index (χ3v) is 4.41. The molecule has 0 radical (unpaired) electrons. The minimum absolute atomic E-state index is 0.157. The van der Waals surface area contributed by atoms with Crippen LogP contribution in [0, 0.1) is 0 Å². The Morgan fingerprint density at radius 3 is 2.45 bits per heavy atom. The molecule has 0 aromatic rings. The highest BCUT2D eigenvalue weighted by Crippen LogP contribution is 2.27. The number of carbonyl (C=O) groups excluding carboxylic acids is 1. The van der Waals surface area contributed by atoms with Gasteiger partial charge < -0.3 is 10.1 Å². The molecule has 2 fully saturated rings. The Morgan fingerprint density at radius 1 is 1.30 bits per heavy atom. The molecular formula is C15H29N3O2. The van der Waals surface area contributed by atoms with E-state index in [0.717, 1.165) is 51.7 Å². The number of nitrogens with zero attached hydrogens (tertiary/aromatic N) is 2. The molecule has 116 valence electrons. The van der Waals surface area contributed by atoms with Crippen molar-refractivity contribution in [2.75, 3.05) is 46.4 Å². The zero-order valence-electron chi connectivity index (χ0n) is 13.2. The van der Waals surface area contributed by atoms with Crippen LogP contribution in [0.4, 0.5) is 0 Å². The lowest BCUT2D eigenvalue weighted by Gasteiger charge is -2.39. The highest BCUT2D eigenvalue weighted by atomic mass is 16.5. The number of piperazine rings is 1. The van der Waals surface area contributed by atoms with Gasteiger partial charge in [-0.3, -0.25) is 14.6 Å². The molecule has 0 bridgehead atoms. The second-order valence-electron chi connectivity index (χ2n) is 6.29. The molecule has 0 aromatic carbocycles. The van der Waals surface area contributed by atoms with Gasteiger partial charge in [0.1, 0.15) is 5.54 Å². The second-order valence-corrected chi connectivity index (χ2v) is 6.29. The molecule has 1 atom stereocenters. The summed E-state index contributed by atoms with van der Waals surface area (Å²) >= 11 is 0. The molecule has 0 spiro atoms. The Balaban J connectivity index is 1.85. The standard InChI is InChI=1S/C15H29N3O2/c1-4-7-16-15(2,14(19)20-3)12-17-8-10-18(11-9-17)13-5-6-13/h13,16H,4-12H2,1-3H3. The lowest BCUT2D eigenvalue weighted by atomic mass is 10.0. The zero-order chi connectivity index (χ0) is 14.6. The average Bonchev–Trinajstić information content (AvgIpc) is 3.29. The molecule has 1 heterocycles. The number of ether oxygens (including phenoxy) is 1. The SMILES string of the molecule is CCCNC(C)(CN1CCN(C2CC2)CC1)C(=O)OC. The van der Waals surface area contributed by atoms with E-state index in [-0.39, 0.29) is 5.97 Å². The highest BCUT2D eigenvalue weighted by molar-refractivity contribution is 5.80. The van der Waals surface area contributed by atoms with Crippen LogP contribution in [0.1, 0.15) is 33.1 Å². The molecule has 2 rings (SSSR count). The van der Waals surface area contributed by atoms with Crippen molar-refractivity contribution in [3.63, 3.8) is 0 Å². The van der Waals surface area contributed by atoms with Crippen LogP contribution in [0.5, 0.6) is 0 Å². The van der Waals surface area contributed by atoms with Crippen molar-refractivity contribution >= 4 is 5.97 Å². The third-order valence-electron chi connectivity index (χ3n) is 4.41. The number of hydrogen-bond acceptors (Lipinski definition) is 5. The molecule has 0 amide bonds. The van der Waals surface area contributed by atoms with Crippen molar-refractivity contribution in [2.24, 2.45) is 0 Å². The summed E-state index contributed by atoms with van der Waals surface area (Å²) in [6.45, 7) is 10.0. The summed E-state index contributed by atoms with van der Waals surface area (Å²) in [4.78, 5) is 17.1. The number of nitrogens with one attached hydrogen (secondary N) is 1. The maximum Gasteiger partial charge on any atom is 0.327 e. The van der Waals surface area contributed by atoms with E-state index in [4.69, 9.17) is 4.74 Å². The van der Waals surface area contributed by atoms with Crippen LogP contribution >= 0.6 is 0 Å². The summed E-state index contributed by atoms with van der Waals surface area (Å²) in [5.74, 6) is -0.157. The molecule has 1 saturated heterocycles.